The van der Waals surface area contributed by atoms with Crippen LogP contribution in [0.4, 0.5) is 14.9 Å². The first-order valence-corrected chi connectivity index (χ1v) is 9.03. The Morgan fingerprint density at radius 1 is 1.23 bits per heavy atom. The van der Waals surface area contributed by atoms with E-state index in [1.807, 2.05) is 0 Å². The van der Waals surface area contributed by atoms with Crippen LogP contribution in [-0.2, 0) is 14.4 Å². The summed E-state index contributed by atoms with van der Waals surface area (Å²) in [6.45, 7) is 0.297. The van der Waals surface area contributed by atoms with Gasteiger partial charge >= 0.3 is 12.0 Å². The number of aliphatic carboxylic acids is 1. The topological polar surface area (TPSA) is 107 Å². The third-order valence-corrected chi connectivity index (χ3v) is 5.14. The van der Waals surface area contributed by atoms with Gasteiger partial charge in [0.05, 0.1) is 23.2 Å². The zero-order chi connectivity index (χ0) is 18.8. The number of carboxylic acids is 1. The van der Waals surface area contributed by atoms with Gasteiger partial charge < -0.3 is 15.3 Å². The van der Waals surface area contributed by atoms with E-state index in [4.69, 9.17) is 5.11 Å². The fraction of sp³-hybridized carbons (Fsp3) is 0.375. The summed E-state index contributed by atoms with van der Waals surface area (Å²) < 4.78 is 13.1. The van der Waals surface area contributed by atoms with Crippen LogP contribution in [0.1, 0.15) is 6.42 Å². The number of carbonyl (C=O) groups excluding carboxylic acids is 3. The molecule has 0 bridgehead atoms. The number of rotatable bonds is 5. The second-order valence-corrected chi connectivity index (χ2v) is 6.90. The van der Waals surface area contributed by atoms with E-state index in [0.717, 1.165) is 28.8 Å². The lowest BCUT2D eigenvalue weighted by Gasteiger charge is -2.36. The van der Waals surface area contributed by atoms with Crippen molar-refractivity contribution in [1.82, 2.24) is 10.2 Å². The molecule has 8 nitrogen and oxygen atoms in total. The van der Waals surface area contributed by atoms with Crippen molar-refractivity contribution in [3.8, 4) is 0 Å². The molecule has 138 valence electrons. The zero-order valence-corrected chi connectivity index (χ0v) is 14.4. The summed E-state index contributed by atoms with van der Waals surface area (Å²) >= 11 is 0.952. The van der Waals surface area contributed by atoms with E-state index in [1.165, 1.54) is 17.0 Å². The predicted molar refractivity (Wildman–Crippen MR) is 91.3 cm³/mol. The van der Waals surface area contributed by atoms with Gasteiger partial charge in [-0.2, -0.15) is 0 Å². The number of halogens is 1. The SMILES string of the molecule is O=C(O)CSCC(=O)N1CC[C@H]2NC(=O)N(c3ccc(F)cc3)C(=O)[C@H]21. The van der Waals surface area contributed by atoms with Crippen LogP contribution in [0.15, 0.2) is 24.3 Å². The highest BCUT2D eigenvalue weighted by Gasteiger charge is 2.49. The van der Waals surface area contributed by atoms with Gasteiger partial charge in [-0.3, -0.25) is 14.4 Å². The number of thioether (sulfide) groups is 1. The monoisotopic (exact) mass is 381 g/mol. The minimum atomic E-state index is -1.02. The molecule has 2 N–H and O–H groups in total. The molecule has 2 saturated heterocycles. The van der Waals surface area contributed by atoms with Crippen molar-refractivity contribution in [3.05, 3.63) is 30.1 Å². The molecule has 2 aliphatic rings. The first-order valence-electron chi connectivity index (χ1n) is 7.87. The summed E-state index contributed by atoms with van der Waals surface area (Å²) in [5.41, 5.74) is 0.215. The Kier molecular flexibility index (Phi) is 5.12. The van der Waals surface area contributed by atoms with Crippen molar-refractivity contribution in [2.45, 2.75) is 18.5 Å². The van der Waals surface area contributed by atoms with Gasteiger partial charge in [0.25, 0.3) is 5.91 Å². The Balaban J connectivity index is 1.77. The Morgan fingerprint density at radius 2 is 1.92 bits per heavy atom. The van der Waals surface area contributed by atoms with Crippen LogP contribution in [0.3, 0.4) is 0 Å². The number of anilines is 1. The van der Waals surface area contributed by atoms with Gasteiger partial charge in [0.15, 0.2) is 0 Å². The van der Waals surface area contributed by atoms with Gasteiger partial charge in [0.2, 0.25) is 5.91 Å². The number of nitrogens with zero attached hydrogens (tertiary/aromatic N) is 2. The van der Waals surface area contributed by atoms with Crippen LogP contribution in [0.2, 0.25) is 0 Å². The molecule has 2 fully saturated rings. The molecular weight excluding hydrogens is 365 g/mol. The van der Waals surface area contributed by atoms with E-state index in [0.29, 0.717) is 13.0 Å². The Hall–Kier alpha value is -2.62. The maximum atomic E-state index is 13.1. The molecule has 0 aromatic heterocycles. The third-order valence-electron chi connectivity index (χ3n) is 4.24. The molecule has 0 radical (unpaired) electrons. The normalized spacial score (nSPS) is 22.2. The maximum Gasteiger partial charge on any atom is 0.329 e. The van der Waals surface area contributed by atoms with Crippen LogP contribution in [0, 0.1) is 5.82 Å². The van der Waals surface area contributed by atoms with Gasteiger partial charge in [-0.1, -0.05) is 0 Å². The summed E-state index contributed by atoms with van der Waals surface area (Å²) in [6.07, 6.45) is 0.439. The standard InChI is InChI=1S/C16H16FN3O5S/c17-9-1-3-10(4-2-9)20-15(24)14-11(18-16(20)25)5-6-19(14)12(21)7-26-8-13(22)23/h1-4,11,14H,5-8H2,(H,18,25)(H,22,23)/t11-,14+/m1/s1. The quantitative estimate of drug-likeness (QED) is 0.776. The van der Waals surface area contributed by atoms with Crippen molar-refractivity contribution in [2.75, 3.05) is 23.0 Å². The van der Waals surface area contributed by atoms with Crippen LogP contribution >= 0.6 is 11.8 Å². The van der Waals surface area contributed by atoms with Crippen LogP contribution in [0.25, 0.3) is 0 Å². The Morgan fingerprint density at radius 3 is 2.58 bits per heavy atom. The van der Waals surface area contributed by atoms with E-state index in [1.54, 1.807) is 0 Å². The molecule has 2 aliphatic heterocycles. The number of amides is 4. The lowest BCUT2D eigenvalue weighted by atomic mass is 10.0. The highest BCUT2D eigenvalue weighted by atomic mass is 32.2. The number of carboxylic acid groups (broad SMARTS) is 1. The number of fused-ring (bicyclic) bond motifs is 1. The van der Waals surface area contributed by atoms with Gasteiger partial charge in [0, 0.05) is 6.54 Å². The molecule has 4 amide bonds. The number of carbonyl (C=O) groups is 4. The summed E-state index contributed by atoms with van der Waals surface area (Å²) in [5.74, 6) is -2.70. The average molecular weight is 381 g/mol. The summed E-state index contributed by atoms with van der Waals surface area (Å²) in [5, 5.41) is 11.4. The molecule has 0 saturated carbocycles. The summed E-state index contributed by atoms with van der Waals surface area (Å²) in [6, 6.07) is 2.96. The highest BCUT2D eigenvalue weighted by Crippen LogP contribution is 2.28. The van der Waals surface area contributed by atoms with Gasteiger partial charge in [-0.05, 0) is 30.7 Å². The van der Waals surface area contributed by atoms with Crippen molar-refractivity contribution in [1.29, 1.82) is 0 Å². The van der Waals surface area contributed by atoms with Crippen LogP contribution in [-0.4, -0.2) is 64.0 Å². The van der Waals surface area contributed by atoms with Crippen molar-refractivity contribution < 1.29 is 28.7 Å². The summed E-state index contributed by atoms with van der Waals surface area (Å²) in [7, 11) is 0. The number of hydrogen-bond acceptors (Lipinski definition) is 5. The predicted octanol–water partition coefficient (Wildman–Crippen LogP) is 0.669. The number of benzene rings is 1. The molecule has 0 unspecified atom stereocenters. The highest BCUT2D eigenvalue weighted by molar-refractivity contribution is 8.00. The van der Waals surface area contributed by atoms with E-state index >= 15 is 0 Å². The largest absolute Gasteiger partial charge is 0.481 e. The number of likely N-dealkylation sites (tertiary alicyclic amines) is 1. The molecule has 10 heteroatoms. The van der Waals surface area contributed by atoms with Crippen LogP contribution in [0.5, 0.6) is 0 Å². The molecular formula is C16H16FN3O5S. The molecule has 0 aliphatic carbocycles. The van der Waals surface area contributed by atoms with E-state index in [2.05, 4.69) is 5.32 Å². The first kappa shape index (κ1) is 18.2. The average Bonchev–Trinajstić information content (AvgIpc) is 3.00. The van der Waals surface area contributed by atoms with Gasteiger partial charge in [0.1, 0.15) is 11.9 Å². The maximum absolute atomic E-state index is 13.1. The Labute approximate surface area is 152 Å². The minimum Gasteiger partial charge on any atom is -0.481 e. The van der Waals surface area contributed by atoms with Crippen LogP contribution < -0.4 is 10.2 Å². The van der Waals surface area contributed by atoms with Gasteiger partial charge in [-0.25, -0.2) is 14.1 Å². The molecule has 26 heavy (non-hydrogen) atoms. The number of imide groups is 1. The van der Waals surface area contributed by atoms with Gasteiger partial charge in [-0.15, -0.1) is 11.8 Å². The zero-order valence-electron chi connectivity index (χ0n) is 13.6. The molecule has 3 rings (SSSR count). The molecule has 2 heterocycles. The second-order valence-electron chi connectivity index (χ2n) is 5.91. The van der Waals surface area contributed by atoms with E-state index < -0.39 is 35.8 Å². The fourth-order valence-electron chi connectivity index (χ4n) is 3.13. The number of nitrogens with one attached hydrogen (secondary N) is 1. The third kappa shape index (κ3) is 3.50. The first-order chi connectivity index (χ1) is 12.4. The minimum absolute atomic E-state index is 0.0622. The number of hydrogen-bond donors (Lipinski definition) is 2. The van der Waals surface area contributed by atoms with Crippen molar-refractivity contribution in [3.63, 3.8) is 0 Å². The smallest absolute Gasteiger partial charge is 0.329 e. The number of urea groups is 1. The summed E-state index contributed by atoms with van der Waals surface area (Å²) in [4.78, 5) is 50.4. The molecule has 1 aromatic carbocycles. The Bertz CT molecular complexity index is 757. The fourth-order valence-corrected chi connectivity index (χ4v) is 3.74. The lowest BCUT2D eigenvalue weighted by molar-refractivity contribution is -0.136. The molecule has 0 spiro atoms. The lowest BCUT2D eigenvalue weighted by Crippen LogP contribution is -2.65. The van der Waals surface area contributed by atoms with E-state index in [-0.39, 0.29) is 23.1 Å². The van der Waals surface area contributed by atoms with Crippen molar-refractivity contribution in [2.24, 2.45) is 0 Å². The molecule has 2 atom stereocenters. The molecule has 1 aromatic rings. The van der Waals surface area contributed by atoms with Crippen molar-refractivity contribution >= 4 is 41.3 Å². The van der Waals surface area contributed by atoms with E-state index in [9.17, 15) is 23.6 Å². The second kappa shape index (κ2) is 7.32.